The minimum absolute atomic E-state index is 0.762. The number of rotatable bonds is 20. The molecule has 0 heterocycles. The fraction of sp³-hybridized carbons (Fsp3) is 0.826. The molecule has 0 aromatic carbocycles. The standard InChI is InChI=1S/C23H43Br/c1-3-5-7-9-11-13-15-17-19-21-23(24)22-20-18-16-14-12-10-8-6-4-2/h3-4,23H,1-2,5-22H2. The molecule has 0 atom stereocenters. The fourth-order valence-corrected chi connectivity index (χ4v) is 3.87. The SMILES string of the molecule is C=CCCCCCCCCCC(Br)CCCCCCCCCC=C. The Labute approximate surface area is 161 Å². The van der Waals surface area contributed by atoms with E-state index in [1.165, 1.54) is 116 Å². The Morgan fingerprint density at radius 2 is 0.792 bits per heavy atom. The van der Waals surface area contributed by atoms with E-state index in [0.717, 1.165) is 4.83 Å². The van der Waals surface area contributed by atoms with E-state index in [-0.39, 0.29) is 0 Å². The molecule has 24 heavy (non-hydrogen) atoms. The zero-order valence-electron chi connectivity index (χ0n) is 16.3. The maximum absolute atomic E-state index is 3.88. The molecule has 1 heteroatoms. The van der Waals surface area contributed by atoms with Gasteiger partial charge in [0.15, 0.2) is 0 Å². The lowest BCUT2D eigenvalue weighted by Gasteiger charge is -2.09. The second kappa shape index (κ2) is 21.0. The van der Waals surface area contributed by atoms with Crippen molar-refractivity contribution in [3.63, 3.8) is 0 Å². The molecule has 0 N–H and O–H groups in total. The molecule has 0 aromatic rings. The molecule has 0 aliphatic rings. The molecule has 0 fully saturated rings. The lowest BCUT2D eigenvalue weighted by atomic mass is 10.0. The summed E-state index contributed by atoms with van der Waals surface area (Å²) in [5, 5.41) is 0. The number of hydrogen-bond donors (Lipinski definition) is 0. The predicted octanol–water partition coefficient (Wildman–Crippen LogP) is 9.14. The molecule has 0 rings (SSSR count). The van der Waals surface area contributed by atoms with Crippen molar-refractivity contribution in [2.45, 2.75) is 120 Å². The van der Waals surface area contributed by atoms with Crippen LogP contribution in [0.3, 0.4) is 0 Å². The minimum Gasteiger partial charge on any atom is -0.103 e. The lowest BCUT2D eigenvalue weighted by Crippen LogP contribution is -1.97. The van der Waals surface area contributed by atoms with E-state index in [4.69, 9.17) is 0 Å². The van der Waals surface area contributed by atoms with Crippen molar-refractivity contribution in [2.24, 2.45) is 0 Å². The highest BCUT2D eigenvalue weighted by atomic mass is 79.9. The average Bonchev–Trinajstić information content (AvgIpc) is 2.59. The van der Waals surface area contributed by atoms with Crippen LogP contribution in [0.1, 0.15) is 116 Å². The Morgan fingerprint density at radius 3 is 1.12 bits per heavy atom. The van der Waals surface area contributed by atoms with Crippen LogP contribution in [0.15, 0.2) is 25.3 Å². The molecular formula is C23H43Br. The van der Waals surface area contributed by atoms with Gasteiger partial charge in [-0.1, -0.05) is 105 Å². The summed E-state index contributed by atoms with van der Waals surface area (Å²) in [6.45, 7) is 7.55. The van der Waals surface area contributed by atoms with E-state index in [1.54, 1.807) is 0 Å². The number of allylic oxidation sites excluding steroid dienone is 2. The van der Waals surface area contributed by atoms with E-state index < -0.39 is 0 Å². The molecule has 0 unspecified atom stereocenters. The maximum Gasteiger partial charge on any atom is 0.0145 e. The van der Waals surface area contributed by atoms with Crippen molar-refractivity contribution in [3.05, 3.63) is 25.3 Å². The highest BCUT2D eigenvalue weighted by molar-refractivity contribution is 9.09. The quantitative estimate of drug-likeness (QED) is 0.109. The van der Waals surface area contributed by atoms with Gasteiger partial charge in [-0.15, -0.1) is 13.2 Å². The first-order valence-corrected chi connectivity index (χ1v) is 11.6. The van der Waals surface area contributed by atoms with Crippen molar-refractivity contribution in [1.82, 2.24) is 0 Å². The van der Waals surface area contributed by atoms with E-state index in [0.29, 0.717) is 0 Å². The number of hydrogen-bond acceptors (Lipinski definition) is 0. The topological polar surface area (TPSA) is 0 Å². The van der Waals surface area contributed by atoms with Crippen molar-refractivity contribution < 1.29 is 0 Å². The summed E-state index contributed by atoms with van der Waals surface area (Å²) in [4.78, 5) is 0.762. The van der Waals surface area contributed by atoms with Gasteiger partial charge in [0.05, 0.1) is 0 Å². The molecule has 0 radical (unpaired) electrons. The van der Waals surface area contributed by atoms with E-state index >= 15 is 0 Å². The summed E-state index contributed by atoms with van der Waals surface area (Å²) in [7, 11) is 0. The molecular weight excluding hydrogens is 356 g/mol. The molecule has 142 valence electrons. The first-order chi connectivity index (χ1) is 11.8. The Kier molecular flexibility index (Phi) is 21.0. The molecule has 0 saturated heterocycles. The highest BCUT2D eigenvalue weighted by Crippen LogP contribution is 2.19. The normalized spacial score (nSPS) is 11.1. The highest BCUT2D eigenvalue weighted by Gasteiger charge is 2.03. The average molecular weight is 400 g/mol. The summed E-state index contributed by atoms with van der Waals surface area (Å²) >= 11 is 3.88. The molecule has 0 bridgehead atoms. The van der Waals surface area contributed by atoms with Gasteiger partial charge in [0.2, 0.25) is 0 Å². The summed E-state index contributed by atoms with van der Waals surface area (Å²) < 4.78 is 0. The Morgan fingerprint density at radius 1 is 0.500 bits per heavy atom. The largest absolute Gasteiger partial charge is 0.103 e. The first kappa shape index (κ1) is 24.0. The van der Waals surface area contributed by atoms with Crippen LogP contribution in [-0.2, 0) is 0 Å². The predicted molar refractivity (Wildman–Crippen MR) is 116 cm³/mol. The molecule has 0 nitrogen and oxygen atoms in total. The zero-order chi connectivity index (χ0) is 17.7. The van der Waals surface area contributed by atoms with Gasteiger partial charge in [0.1, 0.15) is 0 Å². The van der Waals surface area contributed by atoms with Crippen LogP contribution in [0.25, 0.3) is 0 Å². The Bertz CT molecular complexity index is 233. The zero-order valence-corrected chi connectivity index (χ0v) is 17.8. The molecule has 0 amide bonds. The van der Waals surface area contributed by atoms with Crippen LogP contribution in [0.5, 0.6) is 0 Å². The third-order valence-electron chi connectivity index (χ3n) is 4.85. The van der Waals surface area contributed by atoms with Crippen LogP contribution in [-0.4, -0.2) is 4.83 Å². The smallest absolute Gasteiger partial charge is 0.0145 e. The van der Waals surface area contributed by atoms with Gasteiger partial charge in [-0.25, -0.2) is 0 Å². The minimum atomic E-state index is 0.762. The molecule has 0 aromatic heterocycles. The van der Waals surface area contributed by atoms with Gasteiger partial charge in [0, 0.05) is 4.83 Å². The van der Waals surface area contributed by atoms with Gasteiger partial charge in [-0.2, -0.15) is 0 Å². The summed E-state index contributed by atoms with van der Waals surface area (Å²) in [6, 6.07) is 0. The number of unbranched alkanes of at least 4 members (excludes halogenated alkanes) is 14. The first-order valence-electron chi connectivity index (χ1n) is 10.7. The molecule has 0 saturated carbocycles. The fourth-order valence-electron chi connectivity index (χ4n) is 3.22. The Balaban J connectivity index is 3.14. The van der Waals surface area contributed by atoms with Crippen molar-refractivity contribution in [3.8, 4) is 0 Å². The van der Waals surface area contributed by atoms with E-state index in [2.05, 4.69) is 29.1 Å². The van der Waals surface area contributed by atoms with Gasteiger partial charge >= 0.3 is 0 Å². The van der Waals surface area contributed by atoms with Crippen molar-refractivity contribution in [2.75, 3.05) is 0 Å². The third-order valence-corrected chi connectivity index (χ3v) is 5.77. The van der Waals surface area contributed by atoms with Gasteiger partial charge in [0.25, 0.3) is 0 Å². The summed E-state index contributed by atoms with van der Waals surface area (Å²) in [6.07, 6.45) is 28.9. The summed E-state index contributed by atoms with van der Waals surface area (Å²) in [5.74, 6) is 0. The molecule has 0 aliphatic carbocycles. The van der Waals surface area contributed by atoms with E-state index in [1.807, 2.05) is 12.2 Å². The number of alkyl halides is 1. The van der Waals surface area contributed by atoms with Crippen LogP contribution in [0.2, 0.25) is 0 Å². The van der Waals surface area contributed by atoms with Crippen LogP contribution in [0.4, 0.5) is 0 Å². The Hall–Kier alpha value is -0.0400. The van der Waals surface area contributed by atoms with Gasteiger partial charge in [-0.3, -0.25) is 0 Å². The van der Waals surface area contributed by atoms with Crippen molar-refractivity contribution in [1.29, 1.82) is 0 Å². The lowest BCUT2D eigenvalue weighted by molar-refractivity contribution is 0.535. The molecule has 0 spiro atoms. The van der Waals surface area contributed by atoms with Gasteiger partial charge < -0.3 is 0 Å². The number of halogens is 1. The maximum atomic E-state index is 3.88. The summed E-state index contributed by atoms with van der Waals surface area (Å²) in [5.41, 5.74) is 0. The third kappa shape index (κ3) is 20.0. The molecule has 0 aliphatic heterocycles. The van der Waals surface area contributed by atoms with Crippen molar-refractivity contribution >= 4 is 15.9 Å². The van der Waals surface area contributed by atoms with E-state index in [9.17, 15) is 0 Å². The monoisotopic (exact) mass is 398 g/mol. The second-order valence-electron chi connectivity index (χ2n) is 7.28. The second-order valence-corrected chi connectivity index (χ2v) is 8.57. The van der Waals surface area contributed by atoms with Crippen LogP contribution >= 0.6 is 15.9 Å². The van der Waals surface area contributed by atoms with Crippen LogP contribution in [0, 0.1) is 0 Å². The van der Waals surface area contributed by atoms with Gasteiger partial charge in [-0.05, 0) is 38.5 Å². The van der Waals surface area contributed by atoms with Crippen LogP contribution < -0.4 is 0 Å².